The number of rotatable bonds is 6. The molecule has 0 spiro atoms. The van der Waals surface area contributed by atoms with Gasteiger partial charge in [0.05, 0.1) is 0 Å². The zero-order chi connectivity index (χ0) is 15.1. The van der Waals surface area contributed by atoms with Crippen LogP contribution in [0.4, 0.5) is 5.69 Å². The Morgan fingerprint density at radius 3 is 2.24 bits per heavy atom. The molecule has 0 bridgehead atoms. The summed E-state index contributed by atoms with van der Waals surface area (Å²) in [6.45, 7) is 2.92. The van der Waals surface area contributed by atoms with E-state index in [9.17, 15) is 0 Å². The van der Waals surface area contributed by atoms with E-state index >= 15 is 0 Å². The number of amidine groups is 1. The first-order valence-corrected chi connectivity index (χ1v) is 7.12. The Morgan fingerprint density at radius 1 is 1.05 bits per heavy atom. The van der Waals surface area contributed by atoms with Crippen LogP contribution >= 0.6 is 0 Å². The molecule has 0 amide bonds. The number of hydrogen-bond donors (Lipinski definition) is 3. The van der Waals surface area contributed by atoms with Crippen molar-refractivity contribution in [1.29, 1.82) is 0 Å². The van der Waals surface area contributed by atoms with E-state index in [4.69, 9.17) is 10.9 Å². The van der Waals surface area contributed by atoms with E-state index in [1.165, 1.54) is 12.0 Å². The molecule has 4 heteroatoms. The third kappa shape index (κ3) is 4.24. The third-order valence-corrected chi connectivity index (χ3v) is 3.35. The normalized spacial score (nSPS) is 11.4. The SMILES string of the molecule is CCCc1ccc(NCc2ccc(C(N)=NO)cc2)cc1. The summed E-state index contributed by atoms with van der Waals surface area (Å²) in [7, 11) is 0. The van der Waals surface area contributed by atoms with Crippen LogP contribution < -0.4 is 11.1 Å². The number of nitrogens with two attached hydrogens (primary N) is 1. The average molecular weight is 283 g/mol. The molecule has 0 fully saturated rings. The second-order valence-electron chi connectivity index (χ2n) is 4.98. The summed E-state index contributed by atoms with van der Waals surface area (Å²) in [6.07, 6.45) is 2.29. The van der Waals surface area contributed by atoms with Gasteiger partial charge in [-0.2, -0.15) is 0 Å². The van der Waals surface area contributed by atoms with Crippen molar-refractivity contribution < 1.29 is 5.21 Å². The minimum absolute atomic E-state index is 0.126. The van der Waals surface area contributed by atoms with Crippen molar-refractivity contribution in [3.63, 3.8) is 0 Å². The summed E-state index contributed by atoms with van der Waals surface area (Å²) in [6, 6.07) is 16.1. The molecule has 2 aromatic carbocycles. The van der Waals surface area contributed by atoms with Crippen molar-refractivity contribution in [2.75, 3.05) is 5.32 Å². The molecule has 0 saturated heterocycles. The summed E-state index contributed by atoms with van der Waals surface area (Å²) >= 11 is 0. The van der Waals surface area contributed by atoms with Gasteiger partial charge in [-0.05, 0) is 29.7 Å². The molecule has 0 aromatic heterocycles. The topological polar surface area (TPSA) is 70.6 Å². The van der Waals surface area contributed by atoms with Gasteiger partial charge in [-0.25, -0.2) is 0 Å². The first-order chi connectivity index (χ1) is 10.2. The summed E-state index contributed by atoms with van der Waals surface area (Å²) in [4.78, 5) is 0. The van der Waals surface area contributed by atoms with Crippen LogP contribution in [-0.4, -0.2) is 11.0 Å². The molecule has 0 unspecified atom stereocenters. The molecular weight excluding hydrogens is 262 g/mol. The molecule has 0 atom stereocenters. The molecule has 0 aliphatic rings. The number of hydrogen-bond acceptors (Lipinski definition) is 3. The molecule has 2 rings (SSSR count). The molecule has 21 heavy (non-hydrogen) atoms. The number of aryl methyl sites for hydroxylation is 1. The predicted molar refractivity (Wildman–Crippen MR) is 86.7 cm³/mol. The lowest BCUT2D eigenvalue weighted by Crippen LogP contribution is -2.13. The largest absolute Gasteiger partial charge is 0.409 e. The Kier molecular flexibility index (Phi) is 5.21. The van der Waals surface area contributed by atoms with E-state index in [0.717, 1.165) is 24.2 Å². The molecular formula is C17H21N3O. The minimum Gasteiger partial charge on any atom is -0.409 e. The van der Waals surface area contributed by atoms with Crippen molar-refractivity contribution in [3.05, 3.63) is 65.2 Å². The predicted octanol–water partition coefficient (Wildman–Crippen LogP) is 3.35. The monoisotopic (exact) mass is 283 g/mol. The fraction of sp³-hybridized carbons (Fsp3) is 0.235. The highest BCUT2D eigenvalue weighted by atomic mass is 16.4. The standard InChI is InChI=1S/C17H21N3O/c1-2-3-13-6-10-16(11-7-13)19-12-14-4-8-15(9-5-14)17(18)20-21/h4-11,19,21H,2-3,12H2,1H3,(H2,18,20). The van der Waals surface area contributed by atoms with Crippen LogP contribution in [0.15, 0.2) is 53.7 Å². The van der Waals surface area contributed by atoms with Crippen molar-refractivity contribution in [1.82, 2.24) is 0 Å². The Labute approximate surface area is 125 Å². The number of oxime groups is 1. The third-order valence-electron chi connectivity index (χ3n) is 3.35. The Bertz CT molecular complexity index is 588. The summed E-state index contributed by atoms with van der Waals surface area (Å²) in [5.74, 6) is 0.126. The highest BCUT2D eigenvalue weighted by Gasteiger charge is 1.99. The lowest BCUT2D eigenvalue weighted by atomic mass is 10.1. The maximum atomic E-state index is 8.62. The molecule has 4 nitrogen and oxygen atoms in total. The average Bonchev–Trinajstić information content (AvgIpc) is 2.54. The smallest absolute Gasteiger partial charge is 0.170 e. The van der Waals surface area contributed by atoms with E-state index in [0.29, 0.717) is 5.56 Å². The van der Waals surface area contributed by atoms with Crippen LogP contribution in [0.25, 0.3) is 0 Å². The van der Waals surface area contributed by atoms with Crippen LogP contribution in [0, 0.1) is 0 Å². The van der Waals surface area contributed by atoms with Crippen molar-refractivity contribution in [2.24, 2.45) is 10.9 Å². The van der Waals surface area contributed by atoms with Gasteiger partial charge < -0.3 is 16.3 Å². The molecule has 4 N–H and O–H groups in total. The Hall–Kier alpha value is -2.49. The summed E-state index contributed by atoms with van der Waals surface area (Å²) < 4.78 is 0. The van der Waals surface area contributed by atoms with Crippen LogP contribution in [-0.2, 0) is 13.0 Å². The second kappa shape index (κ2) is 7.33. The van der Waals surface area contributed by atoms with Gasteiger partial charge in [0.1, 0.15) is 0 Å². The van der Waals surface area contributed by atoms with Gasteiger partial charge in [0.15, 0.2) is 5.84 Å². The van der Waals surface area contributed by atoms with Gasteiger partial charge in [0.2, 0.25) is 0 Å². The van der Waals surface area contributed by atoms with Crippen LogP contribution in [0.3, 0.4) is 0 Å². The lowest BCUT2D eigenvalue weighted by Gasteiger charge is -2.08. The zero-order valence-electron chi connectivity index (χ0n) is 12.2. The molecule has 0 heterocycles. The lowest BCUT2D eigenvalue weighted by molar-refractivity contribution is 0.318. The van der Waals surface area contributed by atoms with Gasteiger partial charge in [0.25, 0.3) is 0 Å². The number of nitrogens with zero attached hydrogens (tertiary/aromatic N) is 1. The van der Waals surface area contributed by atoms with Crippen molar-refractivity contribution in [2.45, 2.75) is 26.3 Å². The number of benzene rings is 2. The fourth-order valence-electron chi connectivity index (χ4n) is 2.13. The highest BCUT2D eigenvalue weighted by molar-refractivity contribution is 5.96. The molecule has 2 aromatic rings. The fourth-order valence-corrected chi connectivity index (χ4v) is 2.13. The highest BCUT2D eigenvalue weighted by Crippen LogP contribution is 2.13. The zero-order valence-corrected chi connectivity index (χ0v) is 12.2. The van der Waals surface area contributed by atoms with E-state index in [2.05, 4.69) is 41.7 Å². The van der Waals surface area contributed by atoms with E-state index in [1.54, 1.807) is 0 Å². The molecule has 0 saturated carbocycles. The molecule has 0 aliphatic carbocycles. The summed E-state index contributed by atoms with van der Waals surface area (Å²) in [5, 5.41) is 15.0. The maximum Gasteiger partial charge on any atom is 0.170 e. The van der Waals surface area contributed by atoms with Gasteiger partial charge in [-0.15, -0.1) is 0 Å². The van der Waals surface area contributed by atoms with Gasteiger partial charge in [-0.1, -0.05) is 54.9 Å². The molecule has 0 radical (unpaired) electrons. The number of anilines is 1. The minimum atomic E-state index is 0.126. The van der Waals surface area contributed by atoms with Gasteiger partial charge >= 0.3 is 0 Å². The van der Waals surface area contributed by atoms with Crippen LogP contribution in [0.1, 0.15) is 30.0 Å². The molecule has 110 valence electrons. The van der Waals surface area contributed by atoms with E-state index in [-0.39, 0.29) is 5.84 Å². The Morgan fingerprint density at radius 2 is 1.67 bits per heavy atom. The van der Waals surface area contributed by atoms with E-state index in [1.807, 2.05) is 24.3 Å². The van der Waals surface area contributed by atoms with E-state index < -0.39 is 0 Å². The van der Waals surface area contributed by atoms with Crippen molar-refractivity contribution in [3.8, 4) is 0 Å². The molecule has 0 aliphatic heterocycles. The van der Waals surface area contributed by atoms with Crippen LogP contribution in [0.5, 0.6) is 0 Å². The van der Waals surface area contributed by atoms with Gasteiger partial charge in [-0.3, -0.25) is 0 Å². The van der Waals surface area contributed by atoms with Crippen molar-refractivity contribution >= 4 is 11.5 Å². The first kappa shape index (κ1) is 14.9. The summed E-state index contributed by atoms with van der Waals surface area (Å²) in [5.41, 5.74) is 9.86. The number of nitrogens with one attached hydrogen (secondary N) is 1. The first-order valence-electron chi connectivity index (χ1n) is 7.12. The maximum absolute atomic E-state index is 8.62. The van der Waals surface area contributed by atoms with Gasteiger partial charge in [0, 0.05) is 17.8 Å². The van der Waals surface area contributed by atoms with Crippen LogP contribution in [0.2, 0.25) is 0 Å². The quantitative estimate of drug-likeness (QED) is 0.329. The second-order valence-corrected chi connectivity index (χ2v) is 4.98. The Balaban J connectivity index is 1.93.